The predicted octanol–water partition coefficient (Wildman–Crippen LogP) is 5.19. The van der Waals surface area contributed by atoms with Crippen molar-refractivity contribution in [3.05, 3.63) is 102 Å². The van der Waals surface area contributed by atoms with Crippen molar-refractivity contribution in [1.82, 2.24) is 10.2 Å². The number of benzene rings is 4. The van der Waals surface area contributed by atoms with Crippen LogP contribution in [-0.2, 0) is 10.0 Å². The zero-order chi connectivity index (χ0) is 31.9. The van der Waals surface area contributed by atoms with Gasteiger partial charge in [0.1, 0.15) is 10.6 Å². The van der Waals surface area contributed by atoms with Gasteiger partial charge in [0.05, 0.1) is 18.4 Å². The number of methoxy groups -OCH3 is 1. The van der Waals surface area contributed by atoms with Crippen LogP contribution in [0.1, 0.15) is 20.7 Å². The van der Waals surface area contributed by atoms with E-state index in [1.165, 1.54) is 18.1 Å². The summed E-state index contributed by atoms with van der Waals surface area (Å²) in [5.74, 6) is -0.146. The first-order chi connectivity index (χ1) is 21.0. The summed E-state index contributed by atoms with van der Waals surface area (Å²) in [5, 5.41) is 6.13. The Balaban J connectivity index is 0.00000552. The average molecular weight is 652 g/mol. The number of carbonyl (C=O) groups is 2. The van der Waals surface area contributed by atoms with Gasteiger partial charge in [0, 0.05) is 58.2 Å². The van der Waals surface area contributed by atoms with Gasteiger partial charge in [-0.3, -0.25) is 14.3 Å². The molecule has 4 aromatic rings. The zero-order valence-electron chi connectivity index (χ0n) is 25.8. The molecular formula is C33H38ClN5O5S. The number of ether oxygens (including phenoxy) is 1. The van der Waals surface area contributed by atoms with Gasteiger partial charge in [-0.05, 0) is 65.7 Å². The summed E-state index contributed by atoms with van der Waals surface area (Å²) in [6.07, 6.45) is 0. The van der Waals surface area contributed by atoms with Gasteiger partial charge in [-0.2, -0.15) is 0 Å². The Morgan fingerprint density at radius 1 is 0.778 bits per heavy atom. The van der Waals surface area contributed by atoms with Crippen molar-refractivity contribution in [2.24, 2.45) is 0 Å². The highest BCUT2D eigenvalue weighted by molar-refractivity contribution is 7.92. The third kappa shape index (κ3) is 8.68. The quantitative estimate of drug-likeness (QED) is 0.180. The first-order valence-electron chi connectivity index (χ1n) is 13.9. The molecule has 0 aliphatic carbocycles. The van der Waals surface area contributed by atoms with Gasteiger partial charge in [-0.25, -0.2) is 8.42 Å². The molecule has 0 spiro atoms. The van der Waals surface area contributed by atoms with Crippen molar-refractivity contribution in [1.29, 1.82) is 0 Å². The van der Waals surface area contributed by atoms with Crippen LogP contribution in [0.2, 0.25) is 0 Å². The van der Waals surface area contributed by atoms with E-state index in [0.717, 1.165) is 5.69 Å². The fraction of sp³-hybridized carbons (Fsp3) is 0.212. The Labute approximate surface area is 270 Å². The third-order valence-corrected chi connectivity index (χ3v) is 8.19. The lowest BCUT2D eigenvalue weighted by molar-refractivity contribution is 0.0827. The van der Waals surface area contributed by atoms with E-state index in [9.17, 15) is 18.0 Å². The van der Waals surface area contributed by atoms with Crippen LogP contribution in [0, 0.1) is 0 Å². The normalized spacial score (nSPS) is 10.7. The predicted molar refractivity (Wildman–Crippen MR) is 183 cm³/mol. The first kappa shape index (κ1) is 34.7. The van der Waals surface area contributed by atoms with Crippen molar-refractivity contribution in [3.8, 4) is 16.9 Å². The summed E-state index contributed by atoms with van der Waals surface area (Å²) >= 11 is 0. The molecule has 45 heavy (non-hydrogen) atoms. The van der Waals surface area contributed by atoms with Gasteiger partial charge in [0.25, 0.3) is 21.8 Å². The van der Waals surface area contributed by atoms with Crippen LogP contribution in [0.4, 0.5) is 17.1 Å². The molecule has 238 valence electrons. The lowest BCUT2D eigenvalue weighted by Gasteiger charge is -2.17. The van der Waals surface area contributed by atoms with Crippen LogP contribution in [0.25, 0.3) is 11.1 Å². The maximum Gasteiger partial charge on any atom is 0.265 e. The molecule has 4 aromatic carbocycles. The third-order valence-electron chi connectivity index (χ3n) is 6.79. The van der Waals surface area contributed by atoms with Gasteiger partial charge in [0.2, 0.25) is 0 Å². The Kier molecular flexibility index (Phi) is 11.8. The van der Waals surface area contributed by atoms with Crippen molar-refractivity contribution >= 4 is 51.3 Å². The second kappa shape index (κ2) is 15.3. The van der Waals surface area contributed by atoms with Gasteiger partial charge in [-0.1, -0.05) is 36.4 Å². The minimum atomic E-state index is -4.06. The number of nitrogens with one attached hydrogen (secondary N) is 3. The molecular weight excluding hydrogens is 614 g/mol. The summed E-state index contributed by atoms with van der Waals surface area (Å²) in [6.45, 7) is 0.791. The molecule has 0 unspecified atom stereocenters. The van der Waals surface area contributed by atoms with Crippen molar-refractivity contribution in [2.45, 2.75) is 4.90 Å². The minimum Gasteiger partial charge on any atom is -0.495 e. The van der Waals surface area contributed by atoms with Gasteiger partial charge < -0.3 is 25.2 Å². The summed E-state index contributed by atoms with van der Waals surface area (Å²) < 4.78 is 35.1. The topological polar surface area (TPSA) is 120 Å². The SMILES string of the molecule is COc1ccc(-c2cccc(C(=O)N(C)C)c2)cc1S(=O)(=O)Nc1cccc(NCCNC(=O)c2ccccc2N(C)C)c1.Cl. The molecule has 3 N–H and O–H groups in total. The Bertz CT molecular complexity index is 1760. The molecule has 0 saturated heterocycles. The van der Waals surface area contributed by atoms with Gasteiger partial charge >= 0.3 is 0 Å². The number of rotatable bonds is 12. The summed E-state index contributed by atoms with van der Waals surface area (Å²) in [7, 11) is 4.47. The number of halogens is 1. The van der Waals surface area contributed by atoms with E-state index in [2.05, 4.69) is 15.4 Å². The number of anilines is 3. The molecule has 12 heteroatoms. The van der Waals surface area contributed by atoms with Crippen LogP contribution in [0.15, 0.2) is 95.9 Å². The number of para-hydroxylation sites is 1. The van der Waals surface area contributed by atoms with Gasteiger partial charge in [-0.15, -0.1) is 12.4 Å². The Morgan fingerprint density at radius 3 is 2.18 bits per heavy atom. The Hall–Kier alpha value is -4.74. The molecule has 4 rings (SSSR count). The second-order valence-electron chi connectivity index (χ2n) is 10.4. The number of carbonyl (C=O) groups excluding carboxylic acids is 2. The molecule has 0 aliphatic heterocycles. The van der Waals surface area contributed by atoms with Crippen LogP contribution < -0.4 is 25.0 Å². The lowest BCUT2D eigenvalue weighted by atomic mass is 10.0. The van der Waals surface area contributed by atoms with Crippen molar-refractivity contribution < 1.29 is 22.7 Å². The van der Waals surface area contributed by atoms with Crippen LogP contribution >= 0.6 is 12.4 Å². The molecule has 0 bridgehead atoms. The highest BCUT2D eigenvalue weighted by Gasteiger charge is 2.21. The van der Waals surface area contributed by atoms with E-state index in [-0.39, 0.29) is 34.9 Å². The Morgan fingerprint density at radius 2 is 1.47 bits per heavy atom. The molecule has 0 saturated carbocycles. The molecule has 0 heterocycles. The number of hydrogen-bond donors (Lipinski definition) is 3. The molecule has 0 aromatic heterocycles. The van der Waals surface area contributed by atoms with E-state index >= 15 is 0 Å². The molecule has 0 radical (unpaired) electrons. The summed E-state index contributed by atoms with van der Waals surface area (Å²) in [5.41, 5.74) is 4.25. The van der Waals surface area contributed by atoms with E-state index in [0.29, 0.717) is 46.7 Å². The lowest BCUT2D eigenvalue weighted by Crippen LogP contribution is -2.30. The molecule has 0 aliphatic rings. The maximum absolute atomic E-state index is 13.6. The molecule has 2 amide bonds. The average Bonchev–Trinajstić information content (AvgIpc) is 3.02. The van der Waals surface area contributed by atoms with E-state index in [1.807, 2.05) is 49.3 Å². The van der Waals surface area contributed by atoms with Crippen LogP contribution in [0.3, 0.4) is 0 Å². The van der Waals surface area contributed by atoms with Crippen LogP contribution in [-0.4, -0.2) is 73.5 Å². The van der Waals surface area contributed by atoms with Crippen LogP contribution in [0.5, 0.6) is 5.75 Å². The largest absolute Gasteiger partial charge is 0.495 e. The number of hydrogen-bond acceptors (Lipinski definition) is 7. The minimum absolute atomic E-state index is 0. The number of nitrogens with zero attached hydrogens (tertiary/aromatic N) is 2. The van der Waals surface area contributed by atoms with Gasteiger partial charge in [0.15, 0.2) is 0 Å². The standard InChI is InChI=1S/C33H37N5O5S.ClH/c1-37(2)29-15-7-6-14-28(29)32(39)35-19-18-34-26-12-9-13-27(22-26)36-44(41,42)31-21-24(16-17-30(31)43-5)23-10-8-11-25(20-23)33(40)38(3)4;/h6-17,20-22,34,36H,18-19H2,1-5H3,(H,35,39);1H. The highest BCUT2D eigenvalue weighted by atomic mass is 35.5. The molecule has 10 nitrogen and oxygen atoms in total. The second-order valence-corrected chi connectivity index (χ2v) is 12.1. The summed E-state index contributed by atoms with van der Waals surface area (Å²) in [4.78, 5) is 28.5. The van der Waals surface area contributed by atoms with Crippen molar-refractivity contribution in [3.63, 3.8) is 0 Å². The van der Waals surface area contributed by atoms with E-state index in [1.54, 1.807) is 68.7 Å². The highest BCUT2D eigenvalue weighted by Crippen LogP contribution is 2.32. The molecule has 0 fully saturated rings. The first-order valence-corrected chi connectivity index (χ1v) is 15.4. The smallest absolute Gasteiger partial charge is 0.265 e. The fourth-order valence-corrected chi connectivity index (χ4v) is 5.84. The van der Waals surface area contributed by atoms with E-state index in [4.69, 9.17) is 4.74 Å². The summed E-state index contributed by atoms with van der Waals surface area (Å²) in [6, 6.07) is 26.1. The zero-order valence-corrected chi connectivity index (χ0v) is 27.5. The maximum atomic E-state index is 13.6. The van der Waals surface area contributed by atoms with E-state index < -0.39 is 10.0 Å². The monoisotopic (exact) mass is 651 g/mol. The molecule has 0 atom stereocenters. The number of amides is 2. The fourth-order valence-electron chi connectivity index (χ4n) is 4.59. The number of sulfonamides is 1. The van der Waals surface area contributed by atoms with Crippen molar-refractivity contribution in [2.75, 3.05) is 63.3 Å².